The molecule has 2 amide bonds. The molecule has 5 nitrogen and oxygen atoms in total. The summed E-state index contributed by atoms with van der Waals surface area (Å²) in [5.41, 5.74) is 0. The van der Waals surface area contributed by atoms with Crippen molar-refractivity contribution >= 4 is 12.0 Å². The highest BCUT2D eigenvalue weighted by Gasteiger charge is 2.37. The van der Waals surface area contributed by atoms with Gasteiger partial charge in [0.1, 0.15) is 6.04 Å². The minimum Gasteiger partial charge on any atom is -0.480 e. The number of nitrogens with one attached hydrogen (secondary N) is 2. The Morgan fingerprint density at radius 2 is 2.00 bits per heavy atom. The quantitative estimate of drug-likeness (QED) is 0.636. The zero-order valence-corrected chi connectivity index (χ0v) is 10.5. The molecule has 2 unspecified atom stereocenters. The molecule has 0 heterocycles. The fraction of sp³-hybridized carbons (Fsp3) is 0.833. The fourth-order valence-corrected chi connectivity index (χ4v) is 1.80. The molecule has 0 aromatic carbocycles. The third kappa shape index (κ3) is 5.06. The van der Waals surface area contributed by atoms with Gasteiger partial charge in [-0.15, -0.1) is 0 Å². The average molecular weight is 242 g/mol. The summed E-state index contributed by atoms with van der Waals surface area (Å²) in [4.78, 5) is 22.5. The van der Waals surface area contributed by atoms with Gasteiger partial charge in [0, 0.05) is 6.04 Å². The zero-order chi connectivity index (χ0) is 12.8. The molecular formula is C12H22N2O3. The Bertz CT molecular complexity index is 277. The first-order chi connectivity index (χ1) is 8.04. The van der Waals surface area contributed by atoms with E-state index in [1.165, 1.54) is 0 Å². The molecule has 3 N–H and O–H groups in total. The first-order valence-corrected chi connectivity index (χ1v) is 6.34. The van der Waals surface area contributed by atoms with Crippen LogP contribution in [0.2, 0.25) is 0 Å². The van der Waals surface area contributed by atoms with E-state index in [9.17, 15) is 9.59 Å². The van der Waals surface area contributed by atoms with Crippen molar-refractivity contribution in [2.45, 2.75) is 58.0 Å². The van der Waals surface area contributed by atoms with Crippen LogP contribution in [0.1, 0.15) is 46.0 Å². The number of carboxylic acids is 1. The van der Waals surface area contributed by atoms with Crippen LogP contribution in [0.3, 0.4) is 0 Å². The van der Waals surface area contributed by atoms with Crippen LogP contribution in [-0.4, -0.2) is 29.2 Å². The minimum atomic E-state index is -0.941. The summed E-state index contributed by atoms with van der Waals surface area (Å²) in [6.07, 6.45) is 4.86. The van der Waals surface area contributed by atoms with Crippen molar-refractivity contribution in [3.63, 3.8) is 0 Å². The van der Waals surface area contributed by atoms with Gasteiger partial charge in [0.2, 0.25) is 0 Å². The van der Waals surface area contributed by atoms with Gasteiger partial charge in [0.25, 0.3) is 0 Å². The van der Waals surface area contributed by atoms with Gasteiger partial charge in [-0.05, 0) is 32.1 Å². The summed E-state index contributed by atoms with van der Waals surface area (Å²) in [7, 11) is 0. The molecule has 1 aliphatic rings. The Morgan fingerprint density at radius 3 is 2.47 bits per heavy atom. The minimum absolute atomic E-state index is 0.0867. The Kier molecular flexibility index (Phi) is 5.25. The van der Waals surface area contributed by atoms with Crippen LogP contribution < -0.4 is 10.6 Å². The zero-order valence-electron chi connectivity index (χ0n) is 10.5. The number of carbonyl (C=O) groups is 2. The Balaban J connectivity index is 2.29. The largest absolute Gasteiger partial charge is 0.480 e. The summed E-state index contributed by atoms with van der Waals surface area (Å²) in [5, 5.41) is 14.3. The second-order valence-electron chi connectivity index (χ2n) is 4.81. The standard InChI is InChI=1S/C12H22N2O3/c1-3-4-5-8(2)13-12(17)14-10(11(15)16)9-6-7-9/h8-10H,3-7H2,1-2H3,(H,15,16)(H2,13,14,17). The van der Waals surface area contributed by atoms with Crippen LogP contribution in [0.5, 0.6) is 0 Å². The summed E-state index contributed by atoms with van der Waals surface area (Å²) < 4.78 is 0. The van der Waals surface area contributed by atoms with Gasteiger partial charge in [-0.3, -0.25) is 0 Å². The predicted molar refractivity (Wildman–Crippen MR) is 64.8 cm³/mol. The number of carbonyl (C=O) groups excluding carboxylic acids is 1. The van der Waals surface area contributed by atoms with Gasteiger partial charge in [-0.2, -0.15) is 0 Å². The van der Waals surface area contributed by atoms with E-state index in [0.717, 1.165) is 32.1 Å². The fourth-order valence-electron chi connectivity index (χ4n) is 1.80. The molecule has 1 rings (SSSR count). The van der Waals surface area contributed by atoms with Crippen LogP contribution in [0.15, 0.2) is 0 Å². The van der Waals surface area contributed by atoms with Crippen molar-refractivity contribution in [1.29, 1.82) is 0 Å². The van der Waals surface area contributed by atoms with Gasteiger partial charge in [-0.1, -0.05) is 19.8 Å². The first-order valence-electron chi connectivity index (χ1n) is 6.34. The van der Waals surface area contributed by atoms with Gasteiger partial charge < -0.3 is 15.7 Å². The normalized spacial score (nSPS) is 18.2. The van der Waals surface area contributed by atoms with Crippen LogP contribution in [-0.2, 0) is 4.79 Å². The van der Waals surface area contributed by atoms with E-state index in [2.05, 4.69) is 17.6 Å². The van der Waals surface area contributed by atoms with Crippen molar-refractivity contribution in [2.24, 2.45) is 5.92 Å². The highest BCUT2D eigenvalue weighted by Crippen LogP contribution is 2.32. The Morgan fingerprint density at radius 1 is 1.35 bits per heavy atom. The second-order valence-corrected chi connectivity index (χ2v) is 4.81. The smallest absolute Gasteiger partial charge is 0.326 e. The Hall–Kier alpha value is -1.26. The molecule has 98 valence electrons. The molecule has 1 fully saturated rings. The number of carboxylic acid groups (broad SMARTS) is 1. The lowest BCUT2D eigenvalue weighted by atomic mass is 10.1. The highest BCUT2D eigenvalue weighted by molar-refractivity contribution is 5.83. The van der Waals surface area contributed by atoms with E-state index in [4.69, 9.17) is 5.11 Å². The number of amides is 2. The molecule has 2 atom stereocenters. The van der Waals surface area contributed by atoms with Crippen LogP contribution in [0, 0.1) is 5.92 Å². The number of aliphatic carboxylic acids is 1. The second kappa shape index (κ2) is 6.47. The lowest BCUT2D eigenvalue weighted by Crippen LogP contribution is -2.49. The van der Waals surface area contributed by atoms with E-state index < -0.39 is 12.0 Å². The molecule has 0 aromatic heterocycles. The van der Waals surface area contributed by atoms with Crippen LogP contribution >= 0.6 is 0 Å². The van der Waals surface area contributed by atoms with Gasteiger partial charge in [0.05, 0.1) is 0 Å². The summed E-state index contributed by atoms with van der Waals surface area (Å²) in [5.74, 6) is -0.826. The van der Waals surface area contributed by atoms with E-state index >= 15 is 0 Å². The van der Waals surface area contributed by atoms with Crippen molar-refractivity contribution in [2.75, 3.05) is 0 Å². The molecule has 0 aromatic rings. The highest BCUT2D eigenvalue weighted by atomic mass is 16.4. The van der Waals surface area contributed by atoms with Crippen molar-refractivity contribution in [1.82, 2.24) is 10.6 Å². The molecule has 0 saturated heterocycles. The first kappa shape index (κ1) is 13.8. The topological polar surface area (TPSA) is 78.4 Å². The van der Waals surface area contributed by atoms with E-state index in [1.807, 2.05) is 6.92 Å². The number of hydrogen-bond acceptors (Lipinski definition) is 2. The molecule has 0 bridgehead atoms. The third-order valence-corrected chi connectivity index (χ3v) is 3.01. The molecule has 1 aliphatic carbocycles. The number of hydrogen-bond donors (Lipinski definition) is 3. The van der Waals surface area contributed by atoms with E-state index in [-0.39, 0.29) is 18.0 Å². The van der Waals surface area contributed by atoms with Gasteiger partial charge in [0.15, 0.2) is 0 Å². The molecule has 0 spiro atoms. The number of unbranched alkanes of at least 4 members (excludes halogenated alkanes) is 1. The number of urea groups is 1. The molecule has 0 aliphatic heterocycles. The maximum absolute atomic E-state index is 11.6. The average Bonchev–Trinajstić information content (AvgIpc) is 3.06. The van der Waals surface area contributed by atoms with Gasteiger partial charge >= 0.3 is 12.0 Å². The van der Waals surface area contributed by atoms with Crippen molar-refractivity contribution in [3.05, 3.63) is 0 Å². The third-order valence-electron chi connectivity index (χ3n) is 3.01. The van der Waals surface area contributed by atoms with Gasteiger partial charge in [-0.25, -0.2) is 9.59 Å². The molecule has 17 heavy (non-hydrogen) atoms. The SMILES string of the molecule is CCCCC(C)NC(=O)NC(C(=O)O)C1CC1. The van der Waals surface area contributed by atoms with E-state index in [0.29, 0.717) is 0 Å². The maximum Gasteiger partial charge on any atom is 0.326 e. The summed E-state index contributed by atoms with van der Waals surface area (Å²) >= 11 is 0. The predicted octanol–water partition coefficient (Wildman–Crippen LogP) is 1.73. The van der Waals surface area contributed by atoms with Crippen LogP contribution in [0.25, 0.3) is 0 Å². The molecular weight excluding hydrogens is 220 g/mol. The lowest BCUT2D eigenvalue weighted by molar-refractivity contribution is -0.139. The molecule has 1 saturated carbocycles. The maximum atomic E-state index is 11.6. The molecule has 5 heteroatoms. The van der Waals surface area contributed by atoms with Crippen molar-refractivity contribution < 1.29 is 14.7 Å². The van der Waals surface area contributed by atoms with Crippen LogP contribution in [0.4, 0.5) is 4.79 Å². The number of rotatable bonds is 7. The Labute approximate surface area is 102 Å². The monoisotopic (exact) mass is 242 g/mol. The van der Waals surface area contributed by atoms with E-state index in [1.54, 1.807) is 0 Å². The summed E-state index contributed by atoms with van der Waals surface area (Å²) in [6.45, 7) is 4.03. The summed E-state index contributed by atoms with van der Waals surface area (Å²) in [6, 6.07) is -1.01. The van der Waals surface area contributed by atoms with Crippen molar-refractivity contribution in [3.8, 4) is 0 Å². The molecule has 0 radical (unpaired) electrons. The lowest BCUT2D eigenvalue weighted by Gasteiger charge is -2.17.